The maximum absolute atomic E-state index is 12.6. The number of carbonyl (C=O) groups excluding carboxylic acids is 1. The molecule has 32 heavy (non-hydrogen) atoms. The SMILES string of the molecule is CC(C)(C)OC(=O)N1CCC[C@H](Nc2nc3ccccc3n2Cc2cc(Cl)ccc2Cl)C1. The number of para-hydroxylation sites is 2. The summed E-state index contributed by atoms with van der Waals surface area (Å²) < 4.78 is 7.67. The van der Waals surface area contributed by atoms with Crippen molar-refractivity contribution in [3.8, 4) is 0 Å². The largest absolute Gasteiger partial charge is 0.444 e. The fourth-order valence-corrected chi connectivity index (χ4v) is 4.32. The number of carbonyl (C=O) groups is 1. The van der Waals surface area contributed by atoms with Gasteiger partial charge in [-0.25, -0.2) is 9.78 Å². The third kappa shape index (κ3) is 5.30. The Kier molecular flexibility index (Phi) is 6.54. The highest BCUT2D eigenvalue weighted by Gasteiger charge is 2.28. The smallest absolute Gasteiger partial charge is 0.410 e. The highest BCUT2D eigenvalue weighted by Crippen LogP contribution is 2.27. The lowest BCUT2D eigenvalue weighted by atomic mass is 10.1. The molecule has 0 aliphatic carbocycles. The quantitative estimate of drug-likeness (QED) is 0.488. The molecular formula is C24H28Cl2N4O2. The summed E-state index contributed by atoms with van der Waals surface area (Å²) in [6.07, 6.45) is 1.57. The molecule has 0 spiro atoms. The Bertz CT molecular complexity index is 1120. The lowest BCUT2D eigenvalue weighted by Crippen LogP contribution is -2.47. The normalized spacial score (nSPS) is 16.9. The van der Waals surface area contributed by atoms with Crippen LogP contribution < -0.4 is 5.32 Å². The van der Waals surface area contributed by atoms with Crippen LogP contribution in [0.2, 0.25) is 10.0 Å². The number of amides is 1. The zero-order valence-corrected chi connectivity index (χ0v) is 20.1. The molecule has 0 bridgehead atoms. The number of nitrogens with zero attached hydrogens (tertiary/aromatic N) is 3. The van der Waals surface area contributed by atoms with E-state index in [9.17, 15) is 4.79 Å². The van der Waals surface area contributed by atoms with Crippen molar-refractivity contribution in [3.63, 3.8) is 0 Å². The van der Waals surface area contributed by atoms with Crippen LogP contribution in [0, 0.1) is 0 Å². The van der Waals surface area contributed by atoms with E-state index in [-0.39, 0.29) is 12.1 Å². The Morgan fingerprint density at radius 1 is 1.22 bits per heavy atom. The van der Waals surface area contributed by atoms with Crippen molar-refractivity contribution in [2.24, 2.45) is 0 Å². The van der Waals surface area contributed by atoms with Gasteiger partial charge in [0.2, 0.25) is 5.95 Å². The highest BCUT2D eigenvalue weighted by molar-refractivity contribution is 6.33. The first-order valence-electron chi connectivity index (χ1n) is 10.8. The standard InChI is InChI=1S/C24H28Cl2N4O2/c1-24(2,3)32-23(31)29-12-6-7-18(15-29)27-22-28-20-8-4-5-9-21(20)30(22)14-16-13-17(25)10-11-19(16)26/h4-5,8-11,13,18H,6-7,12,14-15H2,1-3H3,(H,27,28)/t18-/m0/s1. The molecule has 0 unspecified atom stereocenters. The van der Waals surface area contributed by atoms with Crippen molar-refractivity contribution in [1.29, 1.82) is 0 Å². The molecule has 1 saturated heterocycles. The number of ether oxygens (including phenoxy) is 1. The van der Waals surface area contributed by atoms with E-state index in [4.69, 9.17) is 32.9 Å². The third-order valence-electron chi connectivity index (χ3n) is 5.40. The monoisotopic (exact) mass is 474 g/mol. The second kappa shape index (κ2) is 9.20. The number of piperidine rings is 1. The second-order valence-corrected chi connectivity index (χ2v) is 10.00. The fraction of sp³-hybridized carbons (Fsp3) is 0.417. The molecule has 6 nitrogen and oxygen atoms in total. The average molecular weight is 475 g/mol. The van der Waals surface area contributed by atoms with Gasteiger partial charge in [0.25, 0.3) is 0 Å². The van der Waals surface area contributed by atoms with E-state index in [0.717, 1.165) is 35.4 Å². The van der Waals surface area contributed by atoms with E-state index in [0.29, 0.717) is 29.7 Å². The molecule has 1 N–H and O–H groups in total. The van der Waals surface area contributed by atoms with Crippen molar-refractivity contribution >= 4 is 46.3 Å². The van der Waals surface area contributed by atoms with Gasteiger partial charge in [0, 0.05) is 29.2 Å². The lowest BCUT2D eigenvalue weighted by molar-refractivity contribution is 0.0206. The molecule has 3 aromatic rings. The van der Waals surface area contributed by atoms with Gasteiger partial charge in [-0.15, -0.1) is 0 Å². The van der Waals surface area contributed by atoms with Crippen LogP contribution in [0.1, 0.15) is 39.2 Å². The summed E-state index contributed by atoms with van der Waals surface area (Å²) in [7, 11) is 0. The van der Waals surface area contributed by atoms with Crippen LogP contribution in [0.25, 0.3) is 11.0 Å². The first kappa shape index (κ1) is 22.7. The first-order valence-corrected chi connectivity index (χ1v) is 11.6. The van der Waals surface area contributed by atoms with Crippen LogP contribution >= 0.6 is 23.2 Å². The molecule has 2 heterocycles. The van der Waals surface area contributed by atoms with Crippen molar-refractivity contribution in [1.82, 2.24) is 14.5 Å². The third-order valence-corrected chi connectivity index (χ3v) is 6.00. The van der Waals surface area contributed by atoms with Gasteiger partial charge in [0.05, 0.1) is 17.6 Å². The van der Waals surface area contributed by atoms with Gasteiger partial charge in [0.1, 0.15) is 5.60 Å². The van der Waals surface area contributed by atoms with Crippen LogP contribution in [0.4, 0.5) is 10.7 Å². The predicted octanol–water partition coefficient (Wildman–Crippen LogP) is 6.20. The summed E-state index contributed by atoms with van der Waals surface area (Å²) in [4.78, 5) is 19.2. The molecule has 1 aliphatic rings. The molecule has 2 aromatic carbocycles. The van der Waals surface area contributed by atoms with Gasteiger partial charge in [-0.05, 0) is 69.5 Å². The minimum absolute atomic E-state index is 0.0710. The molecule has 1 aliphatic heterocycles. The number of hydrogen-bond donors (Lipinski definition) is 1. The number of imidazole rings is 1. The zero-order valence-electron chi connectivity index (χ0n) is 18.6. The minimum atomic E-state index is -0.512. The number of anilines is 1. The number of aromatic nitrogens is 2. The molecule has 4 rings (SSSR count). The maximum Gasteiger partial charge on any atom is 0.410 e. The number of likely N-dealkylation sites (tertiary alicyclic amines) is 1. The van der Waals surface area contributed by atoms with Crippen LogP contribution in [0.15, 0.2) is 42.5 Å². The van der Waals surface area contributed by atoms with Gasteiger partial charge in [0.15, 0.2) is 0 Å². The van der Waals surface area contributed by atoms with Crippen LogP contribution in [0.3, 0.4) is 0 Å². The summed E-state index contributed by atoms with van der Waals surface area (Å²) in [5, 5.41) is 4.87. The Morgan fingerprint density at radius 3 is 2.78 bits per heavy atom. The Labute approximate surface area is 198 Å². The minimum Gasteiger partial charge on any atom is -0.444 e. The molecular weight excluding hydrogens is 447 g/mol. The van der Waals surface area contributed by atoms with E-state index in [1.54, 1.807) is 11.0 Å². The van der Waals surface area contributed by atoms with Crippen LogP contribution in [-0.4, -0.2) is 45.3 Å². The average Bonchev–Trinajstić information content (AvgIpc) is 3.07. The van der Waals surface area contributed by atoms with Crippen molar-refractivity contribution in [2.75, 3.05) is 18.4 Å². The lowest BCUT2D eigenvalue weighted by Gasteiger charge is -2.34. The van der Waals surface area contributed by atoms with Gasteiger partial charge in [-0.3, -0.25) is 0 Å². The van der Waals surface area contributed by atoms with Gasteiger partial charge in [-0.1, -0.05) is 35.3 Å². The fourth-order valence-electron chi connectivity index (χ4n) is 3.95. The zero-order chi connectivity index (χ0) is 22.9. The molecule has 1 fully saturated rings. The highest BCUT2D eigenvalue weighted by atomic mass is 35.5. The van der Waals surface area contributed by atoms with E-state index in [1.165, 1.54) is 0 Å². The van der Waals surface area contributed by atoms with Crippen molar-refractivity contribution in [3.05, 3.63) is 58.1 Å². The summed E-state index contributed by atoms with van der Waals surface area (Å²) in [5.74, 6) is 0.748. The summed E-state index contributed by atoms with van der Waals surface area (Å²) >= 11 is 12.7. The van der Waals surface area contributed by atoms with Crippen molar-refractivity contribution < 1.29 is 9.53 Å². The number of nitrogens with one attached hydrogen (secondary N) is 1. The van der Waals surface area contributed by atoms with Crippen molar-refractivity contribution in [2.45, 2.75) is 51.8 Å². The molecule has 170 valence electrons. The Morgan fingerprint density at radius 2 is 2.00 bits per heavy atom. The van der Waals surface area contributed by atoms with E-state index in [2.05, 4.69) is 9.88 Å². The number of fused-ring (bicyclic) bond motifs is 1. The number of benzene rings is 2. The second-order valence-electron chi connectivity index (χ2n) is 9.16. The van der Waals surface area contributed by atoms with E-state index < -0.39 is 5.60 Å². The number of hydrogen-bond acceptors (Lipinski definition) is 4. The Hall–Kier alpha value is -2.44. The molecule has 0 saturated carbocycles. The molecule has 0 radical (unpaired) electrons. The molecule has 8 heteroatoms. The molecule has 1 amide bonds. The topological polar surface area (TPSA) is 59.4 Å². The van der Waals surface area contributed by atoms with E-state index in [1.807, 2.05) is 57.2 Å². The molecule has 1 aromatic heterocycles. The van der Waals surface area contributed by atoms with Crippen LogP contribution in [-0.2, 0) is 11.3 Å². The number of rotatable bonds is 4. The summed E-state index contributed by atoms with van der Waals surface area (Å²) in [6.45, 7) is 7.44. The summed E-state index contributed by atoms with van der Waals surface area (Å²) in [5.41, 5.74) is 2.31. The van der Waals surface area contributed by atoms with Gasteiger partial charge >= 0.3 is 6.09 Å². The molecule has 1 atom stereocenters. The Balaban J connectivity index is 1.58. The predicted molar refractivity (Wildman–Crippen MR) is 130 cm³/mol. The summed E-state index contributed by atoms with van der Waals surface area (Å²) in [6, 6.07) is 13.5. The van der Waals surface area contributed by atoms with Gasteiger partial charge in [-0.2, -0.15) is 0 Å². The van der Waals surface area contributed by atoms with Gasteiger partial charge < -0.3 is 19.5 Å². The maximum atomic E-state index is 12.6. The van der Waals surface area contributed by atoms with Crippen LogP contribution in [0.5, 0.6) is 0 Å². The van der Waals surface area contributed by atoms with E-state index >= 15 is 0 Å². The number of halogens is 2. The first-order chi connectivity index (χ1) is 15.2.